The molecule has 2 rings (SSSR count). The second-order valence-electron chi connectivity index (χ2n) is 6.43. The lowest BCUT2D eigenvalue weighted by Crippen LogP contribution is -2.54. The highest BCUT2D eigenvalue weighted by Crippen LogP contribution is 2.33. The predicted octanol–water partition coefficient (Wildman–Crippen LogP) is 3.32. The molecule has 2 atom stereocenters. The second-order valence-corrected chi connectivity index (χ2v) is 6.43. The van der Waals surface area contributed by atoms with E-state index in [1.807, 2.05) is 0 Å². The van der Waals surface area contributed by atoms with Crippen LogP contribution in [0.5, 0.6) is 0 Å². The average Bonchev–Trinajstić information content (AvgIpc) is 2.46. The lowest BCUT2D eigenvalue weighted by Gasteiger charge is -2.40. The van der Waals surface area contributed by atoms with Crippen LogP contribution in [-0.4, -0.2) is 26.2 Å². The molecule has 0 aromatic carbocycles. The van der Waals surface area contributed by atoms with Gasteiger partial charge in [0.2, 0.25) is 0 Å². The van der Waals surface area contributed by atoms with E-state index in [1.165, 1.54) is 64.2 Å². The van der Waals surface area contributed by atoms with E-state index in [9.17, 15) is 0 Å². The molecule has 106 valence electrons. The van der Waals surface area contributed by atoms with Gasteiger partial charge in [0.1, 0.15) is 0 Å². The van der Waals surface area contributed by atoms with Gasteiger partial charge in [-0.2, -0.15) is 0 Å². The molecular formula is C16H32N2. The molecule has 0 heterocycles. The summed E-state index contributed by atoms with van der Waals surface area (Å²) in [7, 11) is 4.35. The van der Waals surface area contributed by atoms with Gasteiger partial charge in [-0.05, 0) is 51.6 Å². The highest BCUT2D eigenvalue weighted by Gasteiger charge is 2.33. The van der Waals surface area contributed by atoms with Crippen LogP contribution in [0.2, 0.25) is 0 Å². The third kappa shape index (κ3) is 3.48. The standard InChI is InChI=1S/C16H32N2/c1-17-15(13-9-5-3-6-10-13)16(18-2)14-11-7-4-8-12-14/h13-18H,3-12H2,1-2H3/t15-,16-/m0/s1. The predicted molar refractivity (Wildman–Crippen MR) is 78.8 cm³/mol. The summed E-state index contributed by atoms with van der Waals surface area (Å²) in [6, 6.07) is 1.39. The minimum atomic E-state index is 0.693. The molecule has 2 saturated carbocycles. The van der Waals surface area contributed by atoms with Gasteiger partial charge < -0.3 is 10.6 Å². The van der Waals surface area contributed by atoms with Gasteiger partial charge in [-0.3, -0.25) is 0 Å². The molecule has 0 radical (unpaired) electrons. The summed E-state index contributed by atoms with van der Waals surface area (Å²) < 4.78 is 0. The second kappa shape index (κ2) is 7.49. The number of nitrogens with one attached hydrogen (secondary N) is 2. The maximum Gasteiger partial charge on any atom is 0.0248 e. The summed E-state index contributed by atoms with van der Waals surface area (Å²) in [6.07, 6.45) is 14.5. The zero-order valence-corrected chi connectivity index (χ0v) is 12.4. The van der Waals surface area contributed by atoms with Crippen molar-refractivity contribution in [3.05, 3.63) is 0 Å². The van der Waals surface area contributed by atoms with Crippen LogP contribution in [0.15, 0.2) is 0 Å². The monoisotopic (exact) mass is 252 g/mol. The molecule has 2 N–H and O–H groups in total. The maximum atomic E-state index is 3.66. The van der Waals surface area contributed by atoms with E-state index in [2.05, 4.69) is 24.7 Å². The molecule has 0 bridgehead atoms. The minimum Gasteiger partial charge on any atom is -0.315 e. The van der Waals surface area contributed by atoms with Crippen LogP contribution in [0.3, 0.4) is 0 Å². The van der Waals surface area contributed by atoms with Crippen molar-refractivity contribution < 1.29 is 0 Å². The van der Waals surface area contributed by atoms with E-state index in [1.54, 1.807) is 0 Å². The van der Waals surface area contributed by atoms with Crippen molar-refractivity contribution in [3.8, 4) is 0 Å². The molecule has 2 aliphatic carbocycles. The van der Waals surface area contributed by atoms with Crippen LogP contribution < -0.4 is 10.6 Å². The Morgan fingerprint density at radius 1 is 0.611 bits per heavy atom. The summed E-state index contributed by atoms with van der Waals surface area (Å²) in [4.78, 5) is 0. The van der Waals surface area contributed by atoms with Crippen molar-refractivity contribution in [1.82, 2.24) is 10.6 Å². The van der Waals surface area contributed by atoms with Crippen LogP contribution in [0, 0.1) is 11.8 Å². The minimum absolute atomic E-state index is 0.693. The summed E-state index contributed by atoms with van der Waals surface area (Å²) in [6.45, 7) is 0. The van der Waals surface area contributed by atoms with Crippen molar-refractivity contribution in [3.63, 3.8) is 0 Å². The molecule has 0 aliphatic heterocycles. The smallest absolute Gasteiger partial charge is 0.0248 e. The Morgan fingerprint density at radius 2 is 0.944 bits per heavy atom. The number of hydrogen-bond acceptors (Lipinski definition) is 2. The molecule has 0 amide bonds. The van der Waals surface area contributed by atoms with E-state index < -0.39 is 0 Å². The molecule has 0 aromatic heterocycles. The fourth-order valence-corrected chi connectivity index (χ4v) is 4.40. The summed E-state index contributed by atoms with van der Waals surface area (Å²) in [5.74, 6) is 1.81. The zero-order valence-electron chi connectivity index (χ0n) is 12.4. The lowest BCUT2D eigenvalue weighted by molar-refractivity contribution is 0.170. The number of hydrogen-bond donors (Lipinski definition) is 2. The number of rotatable bonds is 5. The SMILES string of the molecule is CN[C@@H](C1CCCCC1)[C@@H](NC)C1CCCCC1. The molecule has 0 aromatic rings. The molecule has 18 heavy (non-hydrogen) atoms. The first-order chi connectivity index (χ1) is 8.86. The summed E-state index contributed by atoms with van der Waals surface area (Å²) in [5.41, 5.74) is 0. The van der Waals surface area contributed by atoms with Gasteiger partial charge in [0.25, 0.3) is 0 Å². The van der Waals surface area contributed by atoms with Crippen LogP contribution in [0.25, 0.3) is 0 Å². The summed E-state index contributed by atoms with van der Waals surface area (Å²) in [5, 5.41) is 7.32. The van der Waals surface area contributed by atoms with E-state index in [-0.39, 0.29) is 0 Å². The van der Waals surface area contributed by atoms with Crippen LogP contribution in [0.1, 0.15) is 64.2 Å². The van der Waals surface area contributed by atoms with Gasteiger partial charge in [0, 0.05) is 12.1 Å². The van der Waals surface area contributed by atoms with Crippen LogP contribution in [-0.2, 0) is 0 Å². The van der Waals surface area contributed by atoms with Gasteiger partial charge in [-0.1, -0.05) is 38.5 Å². The van der Waals surface area contributed by atoms with Gasteiger partial charge in [-0.15, -0.1) is 0 Å². The van der Waals surface area contributed by atoms with Crippen molar-refractivity contribution in [1.29, 1.82) is 0 Å². The third-order valence-electron chi connectivity index (χ3n) is 5.37. The molecule has 2 heteroatoms. The van der Waals surface area contributed by atoms with Crippen LogP contribution >= 0.6 is 0 Å². The van der Waals surface area contributed by atoms with Gasteiger partial charge in [0.05, 0.1) is 0 Å². The van der Waals surface area contributed by atoms with E-state index in [0.29, 0.717) is 12.1 Å². The topological polar surface area (TPSA) is 24.1 Å². The highest BCUT2D eigenvalue weighted by molar-refractivity contribution is 4.92. The molecular weight excluding hydrogens is 220 g/mol. The first-order valence-corrected chi connectivity index (χ1v) is 8.21. The molecule has 0 unspecified atom stereocenters. The van der Waals surface area contributed by atoms with Crippen molar-refractivity contribution in [2.45, 2.75) is 76.3 Å². The first-order valence-electron chi connectivity index (χ1n) is 8.21. The van der Waals surface area contributed by atoms with Gasteiger partial charge in [-0.25, -0.2) is 0 Å². The van der Waals surface area contributed by atoms with Crippen molar-refractivity contribution >= 4 is 0 Å². The Balaban J connectivity index is 1.97. The Kier molecular flexibility index (Phi) is 5.97. The molecule has 2 fully saturated rings. The molecule has 2 nitrogen and oxygen atoms in total. The normalized spacial score (nSPS) is 27.0. The van der Waals surface area contributed by atoms with Gasteiger partial charge >= 0.3 is 0 Å². The average molecular weight is 252 g/mol. The first kappa shape index (κ1) is 14.3. The Morgan fingerprint density at radius 3 is 1.22 bits per heavy atom. The van der Waals surface area contributed by atoms with Gasteiger partial charge in [0.15, 0.2) is 0 Å². The molecule has 0 spiro atoms. The fourth-order valence-electron chi connectivity index (χ4n) is 4.40. The van der Waals surface area contributed by atoms with Crippen molar-refractivity contribution in [2.24, 2.45) is 11.8 Å². The van der Waals surface area contributed by atoms with E-state index >= 15 is 0 Å². The maximum absolute atomic E-state index is 3.66. The third-order valence-corrected chi connectivity index (χ3v) is 5.37. The van der Waals surface area contributed by atoms with Crippen molar-refractivity contribution in [2.75, 3.05) is 14.1 Å². The van der Waals surface area contributed by atoms with E-state index in [0.717, 1.165) is 11.8 Å². The quantitative estimate of drug-likeness (QED) is 0.784. The largest absolute Gasteiger partial charge is 0.315 e. The molecule has 0 saturated heterocycles. The highest BCUT2D eigenvalue weighted by atomic mass is 15.0. The summed E-state index contributed by atoms with van der Waals surface area (Å²) >= 11 is 0. The Bertz CT molecular complexity index is 193. The molecule has 2 aliphatic rings. The Hall–Kier alpha value is -0.0800. The fraction of sp³-hybridized carbons (Fsp3) is 1.00. The lowest BCUT2D eigenvalue weighted by atomic mass is 9.74. The Labute approximate surface area is 113 Å². The van der Waals surface area contributed by atoms with E-state index in [4.69, 9.17) is 0 Å². The zero-order chi connectivity index (χ0) is 12.8. The van der Waals surface area contributed by atoms with Crippen LogP contribution in [0.4, 0.5) is 0 Å². The number of likely N-dealkylation sites (N-methyl/N-ethyl adjacent to an activating group) is 2.